The van der Waals surface area contributed by atoms with E-state index in [0.29, 0.717) is 33.2 Å². The van der Waals surface area contributed by atoms with Gasteiger partial charge in [0.2, 0.25) is 0 Å². The van der Waals surface area contributed by atoms with E-state index in [-0.39, 0.29) is 5.69 Å². The van der Waals surface area contributed by atoms with Gasteiger partial charge in [-0.2, -0.15) is 0 Å². The third kappa shape index (κ3) is 4.82. The lowest BCUT2D eigenvalue weighted by molar-refractivity contribution is -0.384. The van der Waals surface area contributed by atoms with E-state index in [1.807, 2.05) is 0 Å². The first-order valence-electron chi connectivity index (χ1n) is 7.06. The van der Waals surface area contributed by atoms with Crippen molar-refractivity contribution in [3.63, 3.8) is 0 Å². The van der Waals surface area contributed by atoms with Gasteiger partial charge >= 0.3 is 0 Å². The summed E-state index contributed by atoms with van der Waals surface area (Å²) in [6.45, 7) is 0.450. The smallest absolute Gasteiger partial charge is 0.275 e. The predicted octanol–water partition coefficient (Wildman–Crippen LogP) is 5.76. The van der Waals surface area contributed by atoms with Gasteiger partial charge in [0.15, 0.2) is 4.47 Å². The van der Waals surface area contributed by atoms with Crippen molar-refractivity contribution in [2.45, 2.75) is 6.54 Å². The van der Waals surface area contributed by atoms with Crippen LogP contribution in [0.25, 0.3) is 0 Å². The summed E-state index contributed by atoms with van der Waals surface area (Å²) >= 11 is 13.0. The maximum Gasteiger partial charge on any atom is 0.275 e. The van der Waals surface area contributed by atoms with Gasteiger partial charge < -0.3 is 10.1 Å². The van der Waals surface area contributed by atoms with Crippen molar-refractivity contribution in [1.29, 1.82) is 0 Å². The van der Waals surface area contributed by atoms with Crippen molar-refractivity contribution in [3.05, 3.63) is 73.1 Å². The first kappa shape index (κ1) is 17.5. The van der Waals surface area contributed by atoms with E-state index in [1.165, 1.54) is 23.5 Å². The molecule has 0 unspecified atom stereocenters. The maximum absolute atomic E-state index is 11.2. The number of nitrogens with one attached hydrogen (secondary N) is 1. The average Bonchev–Trinajstić information content (AvgIpc) is 3.00. The molecule has 0 saturated carbocycles. The number of nitrogens with zero attached hydrogens (tertiary/aromatic N) is 2. The van der Waals surface area contributed by atoms with Crippen LogP contribution in [0.4, 0.5) is 11.4 Å². The van der Waals surface area contributed by atoms with E-state index >= 15 is 0 Å². The molecular formula is C16H11Cl2N3O3S. The van der Waals surface area contributed by atoms with Gasteiger partial charge in [0.05, 0.1) is 17.5 Å². The molecule has 6 nitrogen and oxygen atoms in total. The van der Waals surface area contributed by atoms with Crippen molar-refractivity contribution in [2.75, 3.05) is 5.32 Å². The first-order valence-corrected chi connectivity index (χ1v) is 8.64. The maximum atomic E-state index is 11.2. The molecule has 0 aliphatic rings. The lowest BCUT2D eigenvalue weighted by Gasteiger charge is -2.09. The predicted molar refractivity (Wildman–Crippen MR) is 99.1 cm³/mol. The van der Waals surface area contributed by atoms with Crippen LogP contribution in [0.1, 0.15) is 4.88 Å². The second-order valence-electron chi connectivity index (χ2n) is 4.96. The first-order chi connectivity index (χ1) is 12.0. The Morgan fingerprint density at radius 3 is 2.56 bits per heavy atom. The number of halogens is 2. The summed E-state index contributed by atoms with van der Waals surface area (Å²) in [4.78, 5) is 15.6. The molecule has 1 aromatic heterocycles. The number of non-ortho nitro benzene ring substituents is 1. The van der Waals surface area contributed by atoms with Crippen LogP contribution in [-0.2, 0) is 6.54 Å². The number of rotatable bonds is 6. The van der Waals surface area contributed by atoms with Crippen LogP contribution in [0.2, 0.25) is 9.49 Å². The van der Waals surface area contributed by atoms with E-state index in [0.717, 1.165) is 4.88 Å². The second kappa shape index (κ2) is 7.69. The molecule has 0 amide bonds. The van der Waals surface area contributed by atoms with Gasteiger partial charge in [0.25, 0.3) is 5.69 Å². The summed E-state index contributed by atoms with van der Waals surface area (Å²) in [7, 11) is 0. The summed E-state index contributed by atoms with van der Waals surface area (Å²) in [6, 6.07) is 11.2. The molecule has 0 aliphatic heterocycles. The molecule has 2 aromatic carbocycles. The summed E-state index contributed by atoms with van der Waals surface area (Å²) < 4.78 is 6.13. The quantitative estimate of drug-likeness (QED) is 0.423. The highest BCUT2D eigenvalue weighted by atomic mass is 35.5. The number of nitro benzene ring substituents is 1. The van der Waals surface area contributed by atoms with Gasteiger partial charge in [-0.1, -0.05) is 23.2 Å². The molecule has 128 valence electrons. The monoisotopic (exact) mass is 395 g/mol. The number of ether oxygens (including phenoxy) is 1. The molecule has 0 bridgehead atoms. The molecule has 3 rings (SSSR count). The van der Waals surface area contributed by atoms with Gasteiger partial charge in [-0.25, -0.2) is 4.98 Å². The number of anilines is 1. The topological polar surface area (TPSA) is 77.3 Å². The average molecular weight is 396 g/mol. The van der Waals surface area contributed by atoms with Gasteiger partial charge in [-0.15, -0.1) is 11.3 Å². The van der Waals surface area contributed by atoms with Gasteiger partial charge in [0.1, 0.15) is 11.5 Å². The van der Waals surface area contributed by atoms with E-state index in [1.54, 1.807) is 36.5 Å². The summed E-state index contributed by atoms with van der Waals surface area (Å²) in [5.41, 5.74) is 0.485. The number of nitro groups is 1. The Morgan fingerprint density at radius 1 is 1.16 bits per heavy atom. The van der Waals surface area contributed by atoms with Crippen LogP contribution >= 0.6 is 34.5 Å². The van der Waals surface area contributed by atoms with Crippen molar-refractivity contribution < 1.29 is 9.66 Å². The highest BCUT2D eigenvalue weighted by molar-refractivity contribution is 7.15. The zero-order valence-corrected chi connectivity index (χ0v) is 14.9. The van der Waals surface area contributed by atoms with Gasteiger partial charge in [0, 0.05) is 33.9 Å². The second-order valence-corrected chi connectivity index (χ2v) is 7.10. The molecular weight excluding hydrogens is 385 g/mol. The fourth-order valence-corrected chi connectivity index (χ4v) is 3.09. The number of aromatic nitrogens is 1. The number of hydrogen-bond acceptors (Lipinski definition) is 6. The minimum absolute atomic E-state index is 0.0729. The molecule has 0 fully saturated rings. The largest absolute Gasteiger partial charge is 0.457 e. The Balaban J connectivity index is 1.81. The van der Waals surface area contributed by atoms with Gasteiger partial charge in [-0.05, 0) is 24.3 Å². The van der Waals surface area contributed by atoms with E-state index < -0.39 is 4.92 Å². The Kier molecular flexibility index (Phi) is 5.37. The van der Waals surface area contributed by atoms with E-state index in [2.05, 4.69) is 10.3 Å². The summed E-state index contributed by atoms with van der Waals surface area (Å²) in [5, 5.41) is 14.9. The van der Waals surface area contributed by atoms with Crippen LogP contribution in [0.15, 0.2) is 48.7 Å². The lowest BCUT2D eigenvalue weighted by atomic mass is 10.2. The zero-order chi connectivity index (χ0) is 17.8. The molecule has 0 radical (unpaired) electrons. The van der Waals surface area contributed by atoms with Crippen molar-refractivity contribution in [1.82, 2.24) is 4.98 Å². The van der Waals surface area contributed by atoms with E-state index in [4.69, 9.17) is 27.9 Å². The molecule has 9 heteroatoms. The van der Waals surface area contributed by atoms with Crippen LogP contribution in [-0.4, -0.2) is 9.91 Å². The third-order valence-corrected chi connectivity index (χ3v) is 4.51. The molecule has 0 aliphatic carbocycles. The van der Waals surface area contributed by atoms with Crippen molar-refractivity contribution in [3.8, 4) is 11.5 Å². The highest BCUT2D eigenvalue weighted by Crippen LogP contribution is 2.30. The number of benzene rings is 2. The Hall–Kier alpha value is -2.35. The Morgan fingerprint density at radius 2 is 1.92 bits per heavy atom. The number of thiazole rings is 1. The Labute approximate surface area is 157 Å². The molecule has 0 spiro atoms. The minimum Gasteiger partial charge on any atom is -0.457 e. The summed E-state index contributed by atoms with van der Waals surface area (Å²) in [6.07, 6.45) is 1.66. The normalized spacial score (nSPS) is 10.5. The molecule has 0 atom stereocenters. The molecule has 3 aromatic rings. The van der Waals surface area contributed by atoms with Crippen molar-refractivity contribution in [2.24, 2.45) is 0 Å². The van der Waals surface area contributed by atoms with E-state index in [9.17, 15) is 10.1 Å². The minimum atomic E-state index is -0.469. The molecule has 1 N–H and O–H groups in total. The van der Waals surface area contributed by atoms with Gasteiger partial charge in [-0.3, -0.25) is 10.1 Å². The SMILES string of the molecule is O=[N+]([O-])c1cc(NCc2cnc(Cl)s2)cc(Oc2ccc(Cl)cc2)c1. The fourth-order valence-electron chi connectivity index (χ4n) is 2.04. The van der Waals surface area contributed by atoms with Crippen LogP contribution < -0.4 is 10.1 Å². The molecule has 1 heterocycles. The lowest BCUT2D eigenvalue weighted by Crippen LogP contribution is -1.99. The summed E-state index contributed by atoms with van der Waals surface area (Å²) in [5.74, 6) is 0.881. The fraction of sp³-hybridized carbons (Fsp3) is 0.0625. The number of hydrogen-bond donors (Lipinski definition) is 1. The Bertz CT molecular complexity index is 900. The third-order valence-electron chi connectivity index (χ3n) is 3.14. The molecule has 25 heavy (non-hydrogen) atoms. The standard InChI is InChI=1S/C16H11Cl2N3O3S/c17-10-1-3-13(4-2-10)24-14-6-11(5-12(7-14)21(22)23)19-8-15-9-20-16(18)25-15/h1-7,9,19H,8H2. The van der Waals surface area contributed by atoms with Crippen LogP contribution in [0.5, 0.6) is 11.5 Å². The highest BCUT2D eigenvalue weighted by Gasteiger charge is 2.12. The zero-order valence-electron chi connectivity index (χ0n) is 12.6. The van der Waals surface area contributed by atoms with Crippen LogP contribution in [0, 0.1) is 10.1 Å². The van der Waals surface area contributed by atoms with Crippen LogP contribution in [0.3, 0.4) is 0 Å². The molecule has 0 saturated heterocycles. The van der Waals surface area contributed by atoms with Crippen molar-refractivity contribution >= 4 is 45.9 Å².